The number of nitrogens with two attached hydrogens (primary N) is 1. The quantitative estimate of drug-likeness (QED) is 0.213. The van der Waals surface area contributed by atoms with Crippen molar-refractivity contribution in [2.45, 2.75) is 84.0 Å². The van der Waals surface area contributed by atoms with Gasteiger partial charge in [-0.1, -0.05) is 63.3 Å². The van der Waals surface area contributed by atoms with Crippen molar-refractivity contribution in [2.75, 3.05) is 26.2 Å². The van der Waals surface area contributed by atoms with Gasteiger partial charge in [0.2, 0.25) is 5.91 Å². The van der Waals surface area contributed by atoms with Crippen LogP contribution >= 0.6 is 12.4 Å². The predicted molar refractivity (Wildman–Crippen MR) is 122 cm³/mol. The second-order valence-electron chi connectivity index (χ2n) is 6.87. The fraction of sp³-hybridized carbons (Fsp3) is 0.773. The third-order valence-corrected chi connectivity index (χ3v) is 4.30. The van der Waals surface area contributed by atoms with Crippen LogP contribution in [0.3, 0.4) is 0 Å². The molecule has 4 nitrogen and oxygen atoms in total. The average Bonchev–Trinajstić information content (AvgIpc) is 2.64. The van der Waals surface area contributed by atoms with Crippen LogP contribution in [0.1, 0.15) is 84.0 Å². The van der Waals surface area contributed by atoms with E-state index in [0.717, 1.165) is 32.4 Å². The van der Waals surface area contributed by atoms with E-state index in [1.54, 1.807) is 0 Å². The monoisotopic (exact) mass is 401 g/mol. The maximum Gasteiger partial charge on any atom is 0.220 e. The Balaban J connectivity index is 0. The Bertz CT molecular complexity index is 359. The largest absolute Gasteiger partial charge is 0.355 e. The van der Waals surface area contributed by atoms with Crippen LogP contribution in [0.25, 0.3) is 0 Å². The molecule has 0 aliphatic heterocycles. The van der Waals surface area contributed by atoms with Crippen LogP contribution < -0.4 is 16.4 Å². The Labute approximate surface area is 174 Å². The molecule has 0 fully saturated rings. The van der Waals surface area contributed by atoms with Crippen LogP contribution in [0.4, 0.5) is 0 Å². The van der Waals surface area contributed by atoms with Crippen molar-refractivity contribution in [2.24, 2.45) is 5.73 Å². The van der Waals surface area contributed by atoms with Gasteiger partial charge in [-0.3, -0.25) is 4.79 Å². The molecule has 4 N–H and O–H groups in total. The Hall–Kier alpha value is -0.840. The first-order valence-corrected chi connectivity index (χ1v) is 10.8. The molecule has 0 aliphatic carbocycles. The summed E-state index contributed by atoms with van der Waals surface area (Å²) in [7, 11) is 0. The number of halogens is 1. The summed E-state index contributed by atoms with van der Waals surface area (Å²) in [5, 5.41) is 6.10. The second kappa shape index (κ2) is 25.2. The fourth-order valence-electron chi connectivity index (χ4n) is 2.70. The Morgan fingerprint density at radius 2 is 1.44 bits per heavy atom. The van der Waals surface area contributed by atoms with Crippen molar-refractivity contribution in [3.05, 3.63) is 24.3 Å². The Morgan fingerprint density at radius 1 is 0.815 bits per heavy atom. The highest BCUT2D eigenvalue weighted by Gasteiger charge is 1.99. The number of hydrogen-bond acceptors (Lipinski definition) is 3. The average molecular weight is 402 g/mol. The lowest BCUT2D eigenvalue weighted by atomic mass is 10.1. The number of unbranched alkanes of at least 4 members (excludes halogenated alkanes) is 8. The normalized spacial score (nSPS) is 11.2. The highest BCUT2D eigenvalue weighted by molar-refractivity contribution is 5.85. The summed E-state index contributed by atoms with van der Waals surface area (Å²) >= 11 is 0. The number of carbonyl (C=O) groups excluding carboxylic acids is 1. The molecule has 5 heteroatoms. The van der Waals surface area contributed by atoms with Crippen molar-refractivity contribution in [3.8, 4) is 0 Å². The first kappa shape index (κ1) is 28.4. The molecule has 1 amide bonds. The van der Waals surface area contributed by atoms with E-state index in [1.165, 1.54) is 51.4 Å². The minimum atomic E-state index is 0. The van der Waals surface area contributed by atoms with Crippen LogP contribution in [-0.2, 0) is 4.79 Å². The zero-order valence-corrected chi connectivity index (χ0v) is 18.3. The fourth-order valence-corrected chi connectivity index (χ4v) is 2.70. The lowest BCUT2D eigenvalue weighted by molar-refractivity contribution is -0.121. The van der Waals surface area contributed by atoms with Crippen LogP contribution in [-0.4, -0.2) is 32.1 Å². The van der Waals surface area contributed by atoms with Crippen molar-refractivity contribution in [1.82, 2.24) is 10.6 Å². The molecular formula is C22H44ClN3O. The summed E-state index contributed by atoms with van der Waals surface area (Å²) in [4.78, 5) is 11.6. The summed E-state index contributed by atoms with van der Waals surface area (Å²) in [6, 6.07) is 0. The van der Waals surface area contributed by atoms with Gasteiger partial charge < -0.3 is 16.4 Å². The molecule has 0 aromatic carbocycles. The Kier molecular flexibility index (Phi) is 26.4. The van der Waals surface area contributed by atoms with Gasteiger partial charge in [-0.05, 0) is 38.5 Å². The molecule has 0 spiro atoms. The molecule has 0 unspecified atom stereocenters. The molecule has 0 aromatic rings. The lowest BCUT2D eigenvalue weighted by Crippen LogP contribution is -2.33. The molecule has 27 heavy (non-hydrogen) atoms. The van der Waals surface area contributed by atoms with Crippen LogP contribution in [0.2, 0.25) is 0 Å². The van der Waals surface area contributed by atoms with Gasteiger partial charge >= 0.3 is 0 Å². The predicted octanol–water partition coefficient (Wildman–Crippen LogP) is 4.89. The summed E-state index contributed by atoms with van der Waals surface area (Å²) in [6.45, 7) is 5.18. The number of amides is 1. The van der Waals surface area contributed by atoms with Gasteiger partial charge in [-0.15, -0.1) is 12.4 Å². The third kappa shape index (κ3) is 25.2. The standard InChI is InChI=1S/C22H43N3O.ClH/c1-2-3-4-5-6-7-8-9-10-11-12-13-14-15-16-17-22(26)25-21-20-24-19-18-23;/h6-7,9-10,24H,2-5,8,11-21,23H2,1H3,(H,25,26);1H. The number of rotatable bonds is 19. The van der Waals surface area contributed by atoms with Gasteiger partial charge in [0.25, 0.3) is 0 Å². The van der Waals surface area contributed by atoms with Crippen molar-refractivity contribution < 1.29 is 4.79 Å². The van der Waals surface area contributed by atoms with Gasteiger partial charge in [-0.25, -0.2) is 0 Å². The Morgan fingerprint density at radius 3 is 2.11 bits per heavy atom. The molecule has 0 saturated heterocycles. The highest BCUT2D eigenvalue weighted by atomic mass is 35.5. The smallest absolute Gasteiger partial charge is 0.220 e. The SMILES string of the molecule is CCCCCC=CCC=CCCCCCCCC(=O)NCCNCCN.Cl. The lowest BCUT2D eigenvalue weighted by Gasteiger charge is -2.06. The summed E-state index contributed by atoms with van der Waals surface area (Å²) < 4.78 is 0. The second-order valence-corrected chi connectivity index (χ2v) is 6.87. The topological polar surface area (TPSA) is 67.2 Å². The zero-order valence-electron chi connectivity index (χ0n) is 17.5. The molecule has 0 atom stereocenters. The van der Waals surface area contributed by atoms with Gasteiger partial charge in [-0.2, -0.15) is 0 Å². The minimum absolute atomic E-state index is 0. The molecule has 0 bridgehead atoms. The number of nitrogens with one attached hydrogen (secondary N) is 2. The van der Waals surface area contributed by atoms with E-state index in [4.69, 9.17) is 5.73 Å². The molecule has 0 saturated carbocycles. The minimum Gasteiger partial charge on any atom is -0.355 e. The molecular weight excluding hydrogens is 358 g/mol. The van der Waals surface area contributed by atoms with E-state index >= 15 is 0 Å². The molecule has 160 valence electrons. The van der Waals surface area contributed by atoms with Crippen LogP contribution in [0.5, 0.6) is 0 Å². The van der Waals surface area contributed by atoms with Gasteiger partial charge in [0.1, 0.15) is 0 Å². The van der Waals surface area contributed by atoms with Crippen molar-refractivity contribution in [1.29, 1.82) is 0 Å². The number of hydrogen-bond donors (Lipinski definition) is 3. The molecule has 0 heterocycles. The molecule has 0 radical (unpaired) electrons. The maximum absolute atomic E-state index is 11.6. The first-order chi connectivity index (χ1) is 12.8. The van der Waals surface area contributed by atoms with Gasteiger partial charge in [0, 0.05) is 32.6 Å². The summed E-state index contributed by atoms with van der Waals surface area (Å²) in [5.41, 5.74) is 5.38. The first-order valence-electron chi connectivity index (χ1n) is 10.8. The summed E-state index contributed by atoms with van der Waals surface area (Å²) in [5.74, 6) is 0.172. The highest BCUT2D eigenvalue weighted by Crippen LogP contribution is 2.08. The van der Waals surface area contributed by atoms with E-state index in [1.807, 2.05) is 0 Å². The van der Waals surface area contributed by atoms with Crippen LogP contribution in [0.15, 0.2) is 24.3 Å². The van der Waals surface area contributed by atoms with E-state index in [0.29, 0.717) is 19.5 Å². The molecule has 0 rings (SSSR count). The zero-order chi connectivity index (χ0) is 19.1. The third-order valence-electron chi connectivity index (χ3n) is 4.30. The van der Waals surface area contributed by atoms with E-state index in [9.17, 15) is 4.79 Å². The number of carbonyl (C=O) groups is 1. The van der Waals surface area contributed by atoms with E-state index in [2.05, 4.69) is 41.9 Å². The van der Waals surface area contributed by atoms with Crippen LogP contribution in [0, 0.1) is 0 Å². The van der Waals surface area contributed by atoms with Crippen molar-refractivity contribution >= 4 is 18.3 Å². The number of allylic oxidation sites excluding steroid dienone is 4. The van der Waals surface area contributed by atoms with E-state index in [-0.39, 0.29) is 18.3 Å². The molecule has 0 aromatic heterocycles. The maximum atomic E-state index is 11.6. The van der Waals surface area contributed by atoms with E-state index < -0.39 is 0 Å². The van der Waals surface area contributed by atoms with Gasteiger partial charge in [0.05, 0.1) is 0 Å². The van der Waals surface area contributed by atoms with Gasteiger partial charge in [0.15, 0.2) is 0 Å². The molecule has 0 aliphatic rings. The summed E-state index contributed by atoms with van der Waals surface area (Å²) in [6.07, 6.45) is 23.2. The van der Waals surface area contributed by atoms with Crippen molar-refractivity contribution in [3.63, 3.8) is 0 Å².